The Bertz CT molecular complexity index is 1400. The summed E-state index contributed by atoms with van der Waals surface area (Å²) in [6.07, 6.45) is -6.78. The van der Waals surface area contributed by atoms with E-state index in [1.165, 1.54) is 24.3 Å². The fourth-order valence-electron chi connectivity index (χ4n) is 3.26. The van der Waals surface area contributed by atoms with E-state index in [9.17, 15) is 46.6 Å². The van der Waals surface area contributed by atoms with Gasteiger partial charge in [-0.15, -0.1) is 0 Å². The summed E-state index contributed by atoms with van der Waals surface area (Å²) < 4.78 is 75.2. The molecule has 36 heavy (non-hydrogen) atoms. The molecule has 0 aliphatic heterocycles. The maximum atomic E-state index is 12.5. The number of H-pyrrole nitrogens is 2. The predicted octanol–water partition coefficient (Wildman–Crippen LogP) is 7.30. The second kappa shape index (κ2) is 9.20. The molecule has 4 aromatic rings. The molecule has 0 saturated carbocycles. The largest absolute Gasteiger partial charge is 0.416 e. The average molecular weight is 512 g/mol. The van der Waals surface area contributed by atoms with Gasteiger partial charge in [0.05, 0.1) is 32.0 Å². The molecule has 14 heteroatoms. The molecule has 4 rings (SSSR count). The summed E-state index contributed by atoms with van der Waals surface area (Å²) in [4.78, 5) is 25.0. The van der Waals surface area contributed by atoms with Gasteiger partial charge in [0.2, 0.25) is 0 Å². The van der Waals surface area contributed by atoms with Gasteiger partial charge in [-0.2, -0.15) is 26.3 Å². The highest BCUT2D eigenvalue weighted by atomic mass is 19.4. The van der Waals surface area contributed by atoms with Gasteiger partial charge >= 0.3 is 12.4 Å². The maximum Gasteiger partial charge on any atom is 0.416 e. The van der Waals surface area contributed by atoms with Gasteiger partial charge in [0.15, 0.2) is 0 Å². The van der Waals surface area contributed by atoms with Gasteiger partial charge in [-0.3, -0.25) is 20.2 Å². The quantitative estimate of drug-likeness (QED) is 0.169. The maximum absolute atomic E-state index is 12.5. The second-order valence-electron chi connectivity index (χ2n) is 7.33. The number of halogens is 6. The van der Waals surface area contributed by atoms with E-state index in [1.54, 1.807) is 0 Å². The number of fused-ring (bicyclic) bond motifs is 2. The van der Waals surface area contributed by atoms with Gasteiger partial charge in [0.25, 0.3) is 11.4 Å². The zero-order valence-corrected chi connectivity index (χ0v) is 17.8. The first kappa shape index (κ1) is 26.0. The first-order valence-electron chi connectivity index (χ1n) is 9.65. The third kappa shape index (κ3) is 5.21. The van der Waals surface area contributed by atoms with Gasteiger partial charge in [0.1, 0.15) is 0 Å². The van der Waals surface area contributed by atoms with E-state index in [0.717, 1.165) is 24.5 Å². The zero-order valence-electron chi connectivity index (χ0n) is 17.8. The van der Waals surface area contributed by atoms with Crippen LogP contribution in [0.3, 0.4) is 0 Å². The number of nitrogens with one attached hydrogen (secondary N) is 2. The van der Waals surface area contributed by atoms with Crippen molar-refractivity contribution in [3.05, 3.63) is 93.3 Å². The van der Waals surface area contributed by atoms with Crippen molar-refractivity contribution in [1.82, 2.24) is 9.97 Å². The molecule has 2 heterocycles. The fraction of sp³-hybridized carbons (Fsp3) is 0.0909. The molecule has 0 saturated heterocycles. The van der Waals surface area contributed by atoms with Crippen LogP contribution in [0.4, 0.5) is 37.7 Å². The van der Waals surface area contributed by atoms with E-state index < -0.39 is 33.3 Å². The summed E-state index contributed by atoms with van der Waals surface area (Å²) in [5.74, 6) is 0. The third-order valence-electron chi connectivity index (χ3n) is 5.09. The number of hydrogen-bond donors (Lipinski definition) is 2. The highest BCUT2D eigenvalue weighted by Gasteiger charge is 2.35. The molecule has 0 unspecified atom stereocenters. The van der Waals surface area contributed by atoms with Crippen molar-refractivity contribution in [1.29, 1.82) is 0 Å². The molecule has 0 bridgehead atoms. The van der Waals surface area contributed by atoms with Crippen molar-refractivity contribution in [2.75, 3.05) is 0 Å². The Labute approximate surface area is 196 Å². The number of rotatable bonds is 4. The number of nitro groups is 2. The van der Waals surface area contributed by atoms with Gasteiger partial charge < -0.3 is 9.97 Å². The Kier molecular flexibility index (Phi) is 6.64. The number of non-ortho nitro benzene ring substituents is 2. The Morgan fingerprint density at radius 3 is 1.31 bits per heavy atom. The van der Waals surface area contributed by atoms with Crippen LogP contribution in [-0.2, 0) is 0 Å². The third-order valence-corrected chi connectivity index (χ3v) is 5.09. The van der Waals surface area contributed by atoms with Crippen molar-refractivity contribution < 1.29 is 36.2 Å². The van der Waals surface area contributed by atoms with Crippen LogP contribution in [-0.4, -0.2) is 32.2 Å². The van der Waals surface area contributed by atoms with Crippen LogP contribution in [0.5, 0.6) is 0 Å². The molecule has 2 aromatic heterocycles. The van der Waals surface area contributed by atoms with E-state index in [-0.39, 0.29) is 44.3 Å². The number of alkyl halides is 6. The summed E-state index contributed by atoms with van der Waals surface area (Å²) in [7, 11) is 0. The molecule has 0 radical (unpaired) electrons. The first-order valence-corrected chi connectivity index (χ1v) is 9.65. The molecular weight excluding hydrogens is 498 g/mol. The minimum absolute atomic E-state index is 0.104. The summed E-state index contributed by atoms with van der Waals surface area (Å²) in [6, 6.07) is 7.23. The van der Waals surface area contributed by atoms with E-state index in [4.69, 9.17) is 0 Å². The van der Waals surface area contributed by atoms with Gasteiger partial charge in [-0.25, -0.2) is 0 Å². The number of benzene rings is 2. The summed E-state index contributed by atoms with van der Waals surface area (Å²) in [6.45, 7) is 5.99. The smallest absolute Gasteiger partial charge is 0.360 e. The van der Waals surface area contributed by atoms with Crippen LogP contribution in [0, 0.1) is 20.2 Å². The highest BCUT2D eigenvalue weighted by molar-refractivity contribution is 5.95. The summed E-state index contributed by atoms with van der Waals surface area (Å²) >= 11 is 0. The molecule has 0 aliphatic rings. The Hall–Kier alpha value is -4.62. The van der Waals surface area contributed by atoms with Crippen LogP contribution in [0.25, 0.3) is 33.0 Å². The molecule has 0 fully saturated rings. The topological polar surface area (TPSA) is 118 Å². The number of aromatic amines is 2. The number of allylic oxidation sites excluding steroid dienone is 2. The number of nitrogens with zero attached hydrogens (tertiary/aromatic N) is 2. The SMILES string of the molecule is C=C(c1c[nH]c2cc([N+](=O)[O-])ccc12)C(F)(F)F.C=C(c1c[nH]c2cc([N+](=O)[O-])ccc12)C(F)(F)F. The van der Waals surface area contributed by atoms with Crippen LogP contribution in [0.15, 0.2) is 61.9 Å². The Balaban J connectivity index is 0.000000201. The van der Waals surface area contributed by atoms with Crippen LogP contribution in [0.2, 0.25) is 0 Å². The second-order valence-corrected chi connectivity index (χ2v) is 7.33. The van der Waals surface area contributed by atoms with E-state index in [1.807, 2.05) is 0 Å². The normalized spacial score (nSPS) is 11.7. The lowest BCUT2D eigenvalue weighted by atomic mass is 10.1. The van der Waals surface area contributed by atoms with Gasteiger partial charge in [-0.1, -0.05) is 13.2 Å². The first-order chi connectivity index (χ1) is 16.6. The predicted molar refractivity (Wildman–Crippen MR) is 120 cm³/mol. The minimum Gasteiger partial charge on any atom is -0.360 e. The van der Waals surface area contributed by atoms with E-state index in [2.05, 4.69) is 23.1 Å². The summed E-state index contributed by atoms with van der Waals surface area (Å²) in [5, 5.41) is 21.6. The Morgan fingerprint density at radius 2 is 1.03 bits per heavy atom. The lowest BCUT2D eigenvalue weighted by molar-refractivity contribution is -0.384. The molecule has 0 aliphatic carbocycles. The zero-order chi connectivity index (χ0) is 27.0. The molecule has 8 nitrogen and oxygen atoms in total. The highest BCUT2D eigenvalue weighted by Crippen LogP contribution is 2.37. The lowest BCUT2D eigenvalue weighted by Crippen LogP contribution is -2.08. The van der Waals surface area contributed by atoms with Crippen molar-refractivity contribution in [2.45, 2.75) is 12.4 Å². The molecule has 0 amide bonds. The average Bonchev–Trinajstić information content (AvgIpc) is 3.40. The number of nitro benzene ring substituents is 2. The van der Waals surface area contributed by atoms with Gasteiger partial charge in [-0.05, 0) is 12.1 Å². The van der Waals surface area contributed by atoms with Crippen LogP contribution in [0.1, 0.15) is 11.1 Å². The number of hydrogen-bond acceptors (Lipinski definition) is 4. The van der Waals surface area contributed by atoms with Gasteiger partial charge in [0, 0.05) is 58.6 Å². The fourth-order valence-corrected chi connectivity index (χ4v) is 3.26. The van der Waals surface area contributed by atoms with Crippen molar-refractivity contribution in [3.63, 3.8) is 0 Å². The van der Waals surface area contributed by atoms with Crippen molar-refractivity contribution in [2.24, 2.45) is 0 Å². The standard InChI is InChI=1S/2C11H7F3N2O2/c2*1-6(11(12,13)14)9-5-15-10-4-7(16(17)18)2-3-8(9)10/h2*2-5,15H,1H2. The minimum atomic E-state index is -4.53. The molecule has 188 valence electrons. The van der Waals surface area contributed by atoms with Crippen LogP contribution < -0.4 is 0 Å². The molecular formula is C22H14F6N4O4. The monoisotopic (exact) mass is 512 g/mol. The van der Waals surface area contributed by atoms with E-state index >= 15 is 0 Å². The van der Waals surface area contributed by atoms with Crippen molar-refractivity contribution >= 4 is 44.3 Å². The lowest BCUT2D eigenvalue weighted by Gasteiger charge is -2.08. The summed E-state index contributed by atoms with van der Waals surface area (Å²) in [5.41, 5.74) is -2.01. The Morgan fingerprint density at radius 1 is 0.694 bits per heavy atom. The molecule has 2 N–H and O–H groups in total. The number of aromatic nitrogens is 2. The van der Waals surface area contributed by atoms with E-state index in [0.29, 0.717) is 0 Å². The molecule has 2 aromatic carbocycles. The van der Waals surface area contributed by atoms with Crippen molar-refractivity contribution in [3.8, 4) is 0 Å². The molecule has 0 atom stereocenters. The van der Waals surface area contributed by atoms with Crippen LogP contribution >= 0.6 is 0 Å². The molecule has 0 spiro atoms.